The van der Waals surface area contributed by atoms with E-state index in [0.717, 1.165) is 35.2 Å². The first-order valence-corrected chi connectivity index (χ1v) is 8.33. The molecule has 22 heavy (non-hydrogen) atoms. The van der Waals surface area contributed by atoms with Gasteiger partial charge >= 0.3 is 0 Å². The molecule has 0 radical (unpaired) electrons. The Morgan fingerprint density at radius 3 is 2.82 bits per heavy atom. The Morgan fingerprint density at radius 2 is 2.18 bits per heavy atom. The minimum Gasteiger partial charge on any atom is -0.337 e. The Labute approximate surface area is 134 Å². The van der Waals surface area contributed by atoms with Crippen molar-refractivity contribution in [3.8, 4) is 0 Å². The summed E-state index contributed by atoms with van der Waals surface area (Å²) in [5.74, 6) is 1.09. The minimum absolute atomic E-state index is 0.0875. The first kappa shape index (κ1) is 15.2. The van der Waals surface area contributed by atoms with Gasteiger partial charge in [0.2, 0.25) is 0 Å². The average Bonchev–Trinajstić information content (AvgIpc) is 3.16. The molecule has 3 heterocycles. The van der Waals surface area contributed by atoms with Crippen molar-refractivity contribution in [1.29, 1.82) is 0 Å². The molecule has 0 unspecified atom stereocenters. The third-order valence-electron chi connectivity index (χ3n) is 4.16. The predicted molar refractivity (Wildman–Crippen MR) is 86.0 cm³/mol. The van der Waals surface area contributed by atoms with Crippen LogP contribution in [0.3, 0.4) is 0 Å². The van der Waals surface area contributed by atoms with E-state index >= 15 is 0 Å². The zero-order valence-corrected chi connectivity index (χ0v) is 14.0. The number of piperazine rings is 1. The van der Waals surface area contributed by atoms with Crippen LogP contribution >= 0.6 is 11.3 Å². The van der Waals surface area contributed by atoms with E-state index in [1.165, 1.54) is 11.3 Å². The normalized spacial score (nSPS) is 19.6. The second kappa shape index (κ2) is 6.18. The van der Waals surface area contributed by atoms with E-state index in [1.54, 1.807) is 12.4 Å². The van der Waals surface area contributed by atoms with E-state index in [-0.39, 0.29) is 11.9 Å². The summed E-state index contributed by atoms with van der Waals surface area (Å²) in [6.07, 6.45) is 6.33. The molecule has 0 N–H and O–H groups in total. The lowest BCUT2D eigenvalue weighted by Crippen LogP contribution is -2.49. The summed E-state index contributed by atoms with van der Waals surface area (Å²) in [6.45, 7) is 4.32. The molecular weight excluding hydrogens is 298 g/mol. The van der Waals surface area contributed by atoms with Crippen LogP contribution in [0.1, 0.15) is 33.5 Å². The lowest BCUT2D eigenvalue weighted by atomic mass is 10.1. The number of carbonyl (C=O) groups is 1. The fraction of sp³-hybridized carbons (Fsp3) is 0.533. The monoisotopic (exact) mass is 319 g/mol. The van der Waals surface area contributed by atoms with Crippen molar-refractivity contribution in [2.75, 3.05) is 26.7 Å². The summed E-state index contributed by atoms with van der Waals surface area (Å²) in [4.78, 5) is 26.3. The number of aryl methyl sites for hydroxylation is 2. The molecule has 7 heteroatoms. The number of aromatic nitrogens is 3. The summed E-state index contributed by atoms with van der Waals surface area (Å²) in [6, 6.07) is 0.135. The molecule has 2 aromatic rings. The number of rotatable bonds is 3. The van der Waals surface area contributed by atoms with Crippen molar-refractivity contribution in [3.05, 3.63) is 34.3 Å². The van der Waals surface area contributed by atoms with Crippen LogP contribution in [0.2, 0.25) is 0 Å². The van der Waals surface area contributed by atoms with Gasteiger partial charge in [-0.2, -0.15) is 0 Å². The van der Waals surface area contributed by atoms with E-state index in [4.69, 9.17) is 0 Å². The predicted octanol–water partition coefficient (Wildman–Crippen LogP) is 1.57. The van der Waals surface area contributed by atoms with E-state index < -0.39 is 0 Å². The Kier molecular flexibility index (Phi) is 4.26. The van der Waals surface area contributed by atoms with E-state index in [9.17, 15) is 4.79 Å². The van der Waals surface area contributed by atoms with Gasteiger partial charge in [-0.3, -0.25) is 9.69 Å². The van der Waals surface area contributed by atoms with Crippen LogP contribution in [0.5, 0.6) is 0 Å². The largest absolute Gasteiger partial charge is 0.337 e. The number of carbonyl (C=O) groups excluding carboxylic acids is 1. The second-order valence-electron chi connectivity index (χ2n) is 5.62. The molecule has 1 amide bonds. The molecule has 1 aliphatic rings. The Morgan fingerprint density at radius 1 is 1.36 bits per heavy atom. The van der Waals surface area contributed by atoms with Crippen LogP contribution in [0.4, 0.5) is 0 Å². The van der Waals surface area contributed by atoms with Crippen molar-refractivity contribution in [3.63, 3.8) is 0 Å². The zero-order valence-electron chi connectivity index (χ0n) is 13.2. The first-order chi connectivity index (χ1) is 10.6. The molecular formula is C15H21N5OS. The van der Waals surface area contributed by atoms with Gasteiger partial charge in [-0.15, -0.1) is 11.3 Å². The van der Waals surface area contributed by atoms with Crippen molar-refractivity contribution in [2.24, 2.45) is 7.05 Å². The quantitative estimate of drug-likeness (QED) is 0.862. The molecule has 1 fully saturated rings. The van der Waals surface area contributed by atoms with Crippen LogP contribution < -0.4 is 0 Å². The second-order valence-corrected chi connectivity index (χ2v) is 6.73. The highest BCUT2D eigenvalue weighted by Crippen LogP contribution is 2.24. The van der Waals surface area contributed by atoms with Gasteiger partial charge in [0, 0.05) is 39.1 Å². The summed E-state index contributed by atoms with van der Waals surface area (Å²) in [7, 11) is 4.08. The highest BCUT2D eigenvalue weighted by atomic mass is 32.1. The average molecular weight is 319 g/mol. The van der Waals surface area contributed by atoms with Gasteiger partial charge in [0.25, 0.3) is 5.91 Å². The van der Waals surface area contributed by atoms with Crippen LogP contribution in [0, 0.1) is 0 Å². The molecule has 0 spiro atoms. The lowest BCUT2D eigenvalue weighted by molar-refractivity contribution is 0.0533. The van der Waals surface area contributed by atoms with Crippen LogP contribution in [0.25, 0.3) is 0 Å². The Balaban J connectivity index is 1.78. The zero-order chi connectivity index (χ0) is 15.7. The van der Waals surface area contributed by atoms with Gasteiger partial charge in [0.15, 0.2) is 0 Å². The molecule has 0 aliphatic carbocycles. The van der Waals surface area contributed by atoms with Gasteiger partial charge < -0.3 is 9.47 Å². The van der Waals surface area contributed by atoms with E-state index in [2.05, 4.69) is 28.8 Å². The number of nitrogens with zero attached hydrogens (tertiary/aromatic N) is 5. The fourth-order valence-corrected chi connectivity index (χ4v) is 3.59. The molecule has 0 saturated carbocycles. The first-order valence-electron chi connectivity index (χ1n) is 7.51. The number of thiazole rings is 1. The highest BCUT2D eigenvalue weighted by molar-refractivity contribution is 7.13. The number of hydrogen-bond donors (Lipinski definition) is 0. The molecule has 3 rings (SSSR count). The standard InChI is InChI=1S/C15H21N5OS/c1-4-13-17-9-12(22-13)15(21)20-8-7-18(2)11(10-20)14-16-5-6-19(14)3/h5-6,9,11H,4,7-8,10H2,1-3H3/t11-/m0/s1. The SMILES string of the molecule is CCc1ncc(C(=O)N2CCN(C)[C@H](c3nccn3C)C2)s1. The molecule has 118 valence electrons. The number of likely N-dealkylation sites (N-methyl/N-ethyl adjacent to an activating group) is 1. The van der Waals surface area contributed by atoms with Crippen LogP contribution in [-0.4, -0.2) is 56.9 Å². The van der Waals surface area contributed by atoms with E-state index in [1.807, 2.05) is 22.7 Å². The highest BCUT2D eigenvalue weighted by Gasteiger charge is 2.31. The van der Waals surface area contributed by atoms with E-state index in [0.29, 0.717) is 6.54 Å². The molecule has 6 nitrogen and oxygen atoms in total. The summed E-state index contributed by atoms with van der Waals surface area (Å²) >= 11 is 1.50. The van der Waals surface area contributed by atoms with Gasteiger partial charge in [-0.05, 0) is 13.5 Å². The van der Waals surface area contributed by atoms with Crippen molar-refractivity contribution in [1.82, 2.24) is 24.3 Å². The Hall–Kier alpha value is -1.73. The summed E-state index contributed by atoms with van der Waals surface area (Å²) in [5.41, 5.74) is 0. The summed E-state index contributed by atoms with van der Waals surface area (Å²) in [5, 5.41) is 1.01. The number of hydrogen-bond acceptors (Lipinski definition) is 5. The van der Waals surface area contributed by atoms with Gasteiger partial charge in [-0.25, -0.2) is 9.97 Å². The van der Waals surface area contributed by atoms with Crippen molar-refractivity contribution < 1.29 is 4.79 Å². The van der Waals surface area contributed by atoms with Crippen LogP contribution in [-0.2, 0) is 13.5 Å². The number of imidazole rings is 1. The fourth-order valence-electron chi connectivity index (χ4n) is 2.76. The molecule has 2 aromatic heterocycles. The van der Waals surface area contributed by atoms with Gasteiger partial charge in [-0.1, -0.05) is 6.92 Å². The molecule has 0 bridgehead atoms. The third-order valence-corrected chi connectivity index (χ3v) is 5.29. The van der Waals surface area contributed by atoms with Gasteiger partial charge in [0.1, 0.15) is 10.7 Å². The molecule has 0 aromatic carbocycles. The molecule has 1 atom stereocenters. The minimum atomic E-state index is 0.0875. The third kappa shape index (κ3) is 2.78. The smallest absolute Gasteiger partial charge is 0.265 e. The van der Waals surface area contributed by atoms with Gasteiger partial charge in [0.05, 0.1) is 17.2 Å². The topological polar surface area (TPSA) is 54.3 Å². The van der Waals surface area contributed by atoms with Crippen molar-refractivity contribution >= 4 is 17.2 Å². The number of amides is 1. The lowest BCUT2D eigenvalue weighted by Gasteiger charge is -2.38. The maximum Gasteiger partial charge on any atom is 0.265 e. The Bertz CT molecular complexity index is 664. The van der Waals surface area contributed by atoms with Crippen LogP contribution in [0.15, 0.2) is 18.6 Å². The molecule has 1 saturated heterocycles. The van der Waals surface area contributed by atoms with Crippen molar-refractivity contribution in [2.45, 2.75) is 19.4 Å². The maximum atomic E-state index is 12.7. The maximum absolute atomic E-state index is 12.7. The molecule has 1 aliphatic heterocycles. The summed E-state index contributed by atoms with van der Waals surface area (Å²) < 4.78 is 2.02.